The smallest absolute Gasteiger partial charge is 0.228 e. The number of aromatic nitrogens is 2. The number of para-hydroxylation sites is 1. The highest BCUT2D eigenvalue weighted by atomic mass is 16.5. The number of nitrogens with one attached hydrogen (secondary N) is 1. The van der Waals surface area contributed by atoms with Crippen LogP contribution in [0.3, 0.4) is 0 Å². The van der Waals surface area contributed by atoms with Crippen LogP contribution >= 0.6 is 0 Å². The van der Waals surface area contributed by atoms with Gasteiger partial charge in [0.1, 0.15) is 0 Å². The molecule has 0 amide bonds. The minimum atomic E-state index is 0.650. The third-order valence-electron chi connectivity index (χ3n) is 3.55. The van der Waals surface area contributed by atoms with Crippen LogP contribution in [0.25, 0.3) is 0 Å². The van der Waals surface area contributed by atoms with Crippen LogP contribution in [0.4, 0.5) is 5.69 Å². The van der Waals surface area contributed by atoms with Crippen molar-refractivity contribution < 1.29 is 4.52 Å². The second kappa shape index (κ2) is 5.95. The minimum absolute atomic E-state index is 0.650. The lowest BCUT2D eigenvalue weighted by atomic mass is 10.2. The first-order valence-corrected chi connectivity index (χ1v) is 7.13. The van der Waals surface area contributed by atoms with Crippen molar-refractivity contribution in [3.63, 3.8) is 0 Å². The molecule has 0 atom stereocenters. The average Bonchev–Trinajstić information content (AvgIpc) is 3.10. The van der Waals surface area contributed by atoms with Gasteiger partial charge in [0.15, 0.2) is 11.8 Å². The molecule has 1 aliphatic heterocycles. The molecule has 3 rings (SSSR count). The van der Waals surface area contributed by atoms with Crippen LogP contribution in [0.1, 0.15) is 17.3 Å². The predicted octanol–water partition coefficient (Wildman–Crippen LogP) is 1.56. The van der Waals surface area contributed by atoms with E-state index in [1.807, 2.05) is 6.92 Å². The van der Waals surface area contributed by atoms with Crippen molar-refractivity contribution in [1.82, 2.24) is 15.5 Å². The average molecular weight is 285 g/mol. The fourth-order valence-corrected chi connectivity index (χ4v) is 2.58. The summed E-state index contributed by atoms with van der Waals surface area (Å²) in [7, 11) is 1.81. The number of fused-ring (bicyclic) bond motifs is 1. The Bertz CT molecular complexity index is 649. The molecule has 0 spiro atoms. The predicted molar refractivity (Wildman–Crippen MR) is 81.6 cm³/mol. The van der Waals surface area contributed by atoms with Crippen molar-refractivity contribution in [2.45, 2.75) is 19.8 Å². The van der Waals surface area contributed by atoms with E-state index in [0.29, 0.717) is 24.7 Å². The molecular formula is C15H19N5O. The highest BCUT2D eigenvalue weighted by Crippen LogP contribution is 2.27. The molecule has 6 nitrogen and oxygen atoms in total. The van der Waals surface area contributed by atoms with Crippen molar-refractivity contribution in [1.29, 1.82) is 0 Å². The topological polar surface area (TPSA) is 66.5 Å². The van der Waals surface area contributed by atoms with Gasteiger partial charge in [-0.15, -0.1) is 0 Å². The standard InChI is InChI=1S/C15H19N5O/c1-11-18-14(21-19-11)7-9-17-15(16-2)20-10-8-12-5-3-4-6-13(12)20/h3-6H,7-10H2,1-2H3,(H,16,17). The van der Waals surface area contributed by atoms with Crippen LogP contribution < -0.4 is 10.2 Å². The second-order valence-corrected chi connectivity index (χ2v) is 4.99. The normalized spacial score (nSPS) is 14.4. The molecule has 0 unspecified atom stereocenters. The number of guanidine groups is 1. The summed E-state index contributed by atoms with van der Waals surface area (Å²) in [5, 5.41) is 7.15. The van der Waals surface area contributed by atoms with Crippen molar-refractivity contribution in [2.75, 3.05) is 25.0 Å². The molecule has 0 radical (unpaired) electrons. The van der Waals surface area contributed by atoms with Crippen LogP contribution in [0.2, 0.25) is 0 Å². The first-order valence-electron chi connectivity index (χ1n) is 7.13. The number of aliphatic imine (C=N–C) groups is 1. The quantitative estimate of drug-likeness (QED) is 0.685. The zero-order valence-electron chi connectivity index (χ0n) is 12.3. The monoisotopic (exact) mass is 285 g/mol. The Labute approximate surface area is 123 Å². The third-order valence-corrected chi connectivity index (χ3v) is 3.55. The number of aryl methyl sites for hydroxylation is 1. The van der Waals surface area contributed by atoms with Gasteiger partial charge in [0.05, 0.1) is 0 Å². The molecule has 0 fully saturated rings. The van der Waals surface area contributed by atoms with E-state index in [9.17, 15) is 0 Å². The minimum Gasteiger partial charge on any atom is -0.355 e. The van der Waals surface area contributed by atoms with Crippen LogP contribution in [-0.4, -0.2) is 36.2 Å². The van der Waals surface area contributed by atoms with Gasteiger partial charge in [-0.2, -0.15) is 4.98 Å². The Morgan fingerprint density at radius 1 is 1.43 bits per heavy atom. The summed E-state index contributed by atoms with van der Waals surface area (Å²) in [5.41, 5.74) is 2.60. The molecule has 1 N–H and O–H groups in total. The summed E-state index contributed by atoms with van der Waals surface area (Å²) < 4.78 is 5.11. The van der Waals surface area contributed by atoms with Gasteiger partial charge in [0, 0.05) is 32.2 Å². The fraction of sp³-hybridized carbons (Fsp3) is 0.400. The molecule has 21 heavy (non-hydrogen) atoms. The molecule has 0 saturated heterocycles. The summed E-state index contributed by atoms with van der Waals surface area (Å²) in [5.74, 6) is 2.20. The molecule has 0 bridgehead atoms. The van der Waals surface area contributed by atoms with E-state index < -0.39 is 0 Å². The lowest BCUT2D eigenvalue weighted by Gasteiger charge is -2.22. The van der Waals surface area contributed by atoms with Crippen LogP contribution in [0.5, 0.6) is 0 Å². The summed E-state index contributed by atoms with van der Waals surface area (Å²) in [6, 6.07) is 8.45. The summed E-state index contributed by atoms with van der Waals surface area (Å²) >= 11 is 0. The fourth-order valence-electron chi connectivity index (χ4n) is 2.58. The molecule has 2 aromatic rings. The van der Waals surface area contributed by atoms with Gasteiger partial charge in [0.2, 0.25) is 5.89 Å². The van der Waals surface area contributed by atoms with E-state index in [-0.39, 0.29) is 0 Å². The SMILES string of the molecule is CN=C(NCCc1nc(C)no1)N1CCc2ccccc21. The first kappa shape index (κ1) is 13.6. The van der Waals surface area contributed by atoms with Crippen molar-refractivity contribution in [3.8, 4) is 0 Å². The Kier molecular flexibility index (Phi) is 3.85. The molecular weight excluding hydrogens is 266 g/mol. The Balaban J connectivity index is 1.62. The third kappa shape index (κ3) is 2.89. The second-order valence-electron chi connectivity index (χ2n) is 4.99. The number of anilines is 1. The number of rotatable bonds is 3. The molecule has 1 aromatic carbocycles. The maximum Gasteiger partial charge on any atom is 0.228 e. The van der Waals surface area contributed by atoms with Gasteiger partial charge < -0.3 is 14.7 Å². The van der Waals surface area contributed by atoms with E-state index in [2.05, 4.69) is 49.6 Å². The molecule has 110 valence electrons. The van der Waals surface area contributed by atoms with Crippen molar-refractivity contribution in [3.05, 3.63) is 41.5 Å². The molecule has 0 saturated carbocycles. The van der Waals surface area contributed by atoms with Crippen molar-refractivity contribution >= 4 is 11.6 Å². The first-order chi connectivity index (χ1) is 10.3. The molecule has 6 heteroatoms. The van der Waals surface area contributed by atoms with E-state index in [4.69, 9.17) is 4.52 Å². The Hall–Kier alpha value is -2.37. The van der Waals surface area contributed by atoms with Gasteiger partial charge in [-0.1, -0.05) is 23.4 Å². The summed E-state index contributed by atoms with van der Waals surface area (Å²) in [4.78, 5) is 10.8. The highest BCUT2D eigenvalue weighted by Gasteiger charge is 2.22. The van der Waals surface area contributed by atoms with Gasteiger partial charge in [-0.05, 0) is 25.0 Å². The zero-order valence-corrected chi connectivity index (χ0v) is 12.3. The number of benzene rings is 1. The largest absolute Gasteiger partial charge is 0.355 e. The lowest BCUT2D eigenvalue weighted by molar-refractivity contribution is 0.374. The zero-order chi connectivity index (χ0) is 14.7. The van der Waals surface area contributed by atoms with Gasteiger partial charge in [-0.3, -0.25) is 4.99 Å². The van der Waals surface area contributed by atoms with Gasteiger partial charge >= 0.3 is 0 Å². The molecule has 2 heterocycles. The summed E-state index contributed by atoms with van der Waals surface area (Å²) in [6.07, 6.45) is 1.75. The lowest BCUT2D eigenvalue weighted by Crippen LogP contribution is -2.41. The van der Waals surface area contributed by atoms with Gasteiger partial charge in [-0.25, -0.2) is 0 Å². The maximum atomic E-state index is 5.11. The summed E-state index contributed by atoms with van der Waals surface area (Å²) in [6.45, 7) is 3.49. The molecule has 1 aliphatic rings. The van der Waals surface area contributed by atoms with Crippen molar-refractivity contribution in [2.24, 2.45) is 4.99 Å². The molecule has 0 aliphatic carbocycles. The van der Waals surface area contributed by atoms with E-state index in [1.54, 1.807) is 7.05 Å². The number of hydrogen-bond acceptors (Lipinski definition) is 4. The van der Waals surface area contributed by atoms with E-state index in [0.717, 1.165) is 18.9 Å². The van der Waals surface area contributed by atoms with E-state index >= 15 is 0 Å². The highest BCUT2D eigenvalue weighted by molar-refractivity contribution is 5.97. The van der Waals surface area contributed by atoms with Crippen LogP contribution in [0.15, 0.2) is 33.8 Å². The van der Waals surface area contributed by atoms with Crippen LogP contribution in [0, 0.1) is 6.92 Å². The van der Waals surface area contributed by atoms with Crippen LogP contribution in [-0.2, 0) is 12.8 Å². The van der Waals surface area contributed by atoms with E-state index in [1.165, 1.54) is 11.3 Å². The van der Waals surface area contributed by atoms with Gasteiger partial charge in [0.25, 0.3) is 0 Å². The Morgan fingerprint density at radius 2 is 2.29 bits per heavy atom. The molecule has 1 aromatic heterocycles. The number of hydrogen-bond donors (Lipinski definition) is 1. The Morgan fingerprint density at radius 3 is 3.05 bits per heavy atom. The number of nitrogens with zero attached hydrogens (tertiary/aromatic N) is 4. The maximum absolute atomic E-state index is 5.11.